The van der Waals surface area contributed by atoms with Gasteiger partial charge < -0.3 is 14.9 Å². The summed E-state index contributed by atoms with van der Waals surface area (Å²) in [5.74, 6) is 0.712. The van der Waals surface area contributed by atoms with Gasteiger partial charge in [-0.05, 0) is 74.2 Å². The van der Waals surface area contributed by atoms with Gasteiger partial charge in [0.25, 0.3) is 0 Å². The highest BCUT2D eigenvalue weighted by molar-refractivity contribution is 14.2. The topological polar surface area (TPSA) is 52.5 Å². The molecule has 0 fully saturated rings. The number of rotatable bonds is 2. The summed E-state index contributed by atoms with van der Waals surface area (Å²) in [4.78, 5) is 0. The maximum absolute atomic E-state index is 9.36. The third-order valence-electron chi connectivity index (χ3n) is 2.90. The molecular weight excluding hydrogens is 397 g/mol. The average Bonchev–Trinajstić information content (AvgIpc) is 2.35. The second-order valence-corrected chi connectivity index (χ2v) is 6.66. The van der Waals surface area contributed by atoms with Crippen LogP contribution in [0.2, 0.25) is 0 Å². The fourth-order valence-electron chi connectivity index (χ4n) is 1.90. The molecule has 0 radical (unpaired) electrons. The van der Waals surface area contributed by atoms with Crippen LogP contribution in [0.4, 0.5) is 5.69 Å². The van der Waals surface area contributed by atoms with Crippen LogP contribution in [-0.2, 0) is 0 Å². The normalized spacial score (nSPS) is 9.76. The summed E-state index contributed by atoms with van der Waals surface area (Å²) in [5, 5.41) is 18.4. The lowest BCUT2D eigenvalue weighted by molar-refractivity contribution is 0.470. The van der Waals surface area contributed by atoms with Gasteiger partial charge in [-0.2, -0.15) is 0 Å². The highest BCUT2D eigenvalue weighted by Gasteiger charge is 2.01. The molecule has 114 valence electrons. The molecule has 0 saturated carbocycles. The molecular formula is C16H20INO2S. The molecule has 2 aromatic rings. The van der Waals surface area contributed by atoms with Crippen molar-refractivity contribution in [2.45, 2.75) is 27.7 Å². The van der Waals surface area contributed by atoms with Crippen LogP contribution in [-0.4, -0.2) is 10.2 Å². The molecule has 0 unspecified atom stereocenters. The molecule has 0 aliphatic rings. The van der Waals surface area contributed by atoms with Crippen LogP contribution in [0.5, 0.6) is 11.5 Å². The summed E-state index contributed by atoms with van der Waals surface area (Å²) in [6.45, 7) is 7.78. The molecule has 0 atom stereocenters. The molecule has 5 heteroatoms. The van der Waals surface area contributed by atoms with E-state index in [2.05, 4.69) is 25.9 Å². The van der Waals surface area contributed by atoms with Gasteiger partial charge in [0.15, 0.2) is 0 Å². The Morgan fingerprint density at radius 3 is 1.90 bits per heavy atom. The maximum Gasteiger partial charge on any atom is 0.118 e. The largest absolute Gasteiger partial charge is 0.508 e. The van der Waals surface area contributed by atoms with Gasteiger partial charge in [-0.15, -0.1) is 0 Å². The van der Waals surface area contributed by atoms with Crippen molar-refractivity contribution in [1.82, 2.24) is 0 Å². The number of anilines is 1. The molecule has 2 rings (SSSR count). The van der Waals surface area contributed by atoms with Crippen LogP contribution < -0.4 is 4.72 Å². The highest BCUT2D eigenvalue weighted by Crippen LogP contribution is 2.27. The molecule has 0 saturated heterocycles. The molecule has 0 bridgehead atoms. The highest BCUT2D eigenvalue weighted by atomic mass is 127. The predicted octanol–water partition coefficient (Wildman–Crippen LogP) is 5.43. The molecule has 0 aliphatic carbocycles. The standard InChI is InChI=1S/C8H10INOS.C8H10O/c1-5-4-8(11)6(2)3-7(5)10-12-9;1-6-3-7(2)5-8(9)4-6/h3-4,10-11H,1-2H3;3-5,9H,1-2H3. The van der Waals surface area contributed by atoms with E-state index in [4.69, 9.17) is 5.11 Å². The molecule has 3 N–H and O–H groups in total. The molecule has 0 amide bonds. The van der Waals surface area contributed by atoms with Crippen LogP contribution in [0.1, 0.15) is 22.3 Å². The van der Waals surface area contributed by atoms with Crippen LogP contribution in [0.15, 0.2) is 30.3 Å². The van der Waals surface area contributed by atoms with Gasteiger partial charge in [0.1, 0.15) is 11.5 Å². The molecule has 21 heavy (non-hydrogen) atoms. The van der Waals surface area contributed by atoms with E-state index in [1.807, 2.05) is 39.8 Å². The third-order valence-corrected chi connectivity index (χ3v) is 3.86. The van der Waals surface area contributed by atoms with Crippen LogP contribution in [0.25, 0.3) is 0 Å². The summed E-state index contributed by atoms with van der Waals surface area (Å²) in [5.41, 5.74) is 5.22. The predicted molar refractivity (Wildman–Crippen MR) is 100 cm³/mol. The number of aryl methyl sites for hydroxylation is 4. The van der Waals surface area contributed by atoms with Crippen molar-refractivity contribution in [2.75, 3.05) is 4.72 Å². The van der Waals surface area contributed by atoms with Gasteiger partial charge in [-0.1, -0.05) is 6.07 Å². The molecule has 0 aliphatic heterocycles. The monoisotopic (exact) mass is 417 g/mol. The van der Waals surface area contributed by atoms with E-state index in [9.17, 15) is 5.11 Å². The molecule has 0 aromatic heterocycles. The lowest BCUT2D eigenvalue weighted by Crippen LogP contribution is -1.88. The van der Waals surface area contributed by atoms with Gasteiger partial charge in [-0.3, -0.25) is 0 Å². The minimum absolute atomic E-state index is 0.354. The van der Waals surface area contributed by atoms with E-state index in [0.29, 0.717) is 11.5 Å². The lowest BCUT2D eigenvalue weighted by Gasteiger charge is -2.07. The van der Waals surface area contributed by atoms with Crippen molar-refractivity contribution in [3.05, 3.63) is 52.6 Å². The number of hydrogen-bond acceptors (Lipinski definition) is 4. The zero-order chi connectivity index (χ0) is 16.0. The first-order chi connectivity index (χ1) is 9.83. The fraction of sp³-hybridized carbons (Fsp3) is 0.250. The number of nitrogens with one attached hydrogen (secondary N) is 1. The zero-order valence-corrected chi connectivity index (χ0v) is 15.5. The van der Waals surface area contributed by atoms with E-state index in [1.165, 1.54) is 9.12 Å². The first-order valence-electron chi connectivity index (χ1n) is 6.44. The number of hydrogen-bond donors (Lipinski definition) is 3. The zero-order valence-electron chi connectivity index (χ0n) is 12.6. The summed E-state index contributed by atoms with van der Waals surface area (Å²) >= 11 is 2.17. The first kappa shape index (κ1) is 18.0. The van der Waals surface area contributed by atoms with E-state index >= 15 is 0 Å². The van der Waals surface area contributed by atoms with Crippen LogP contribution >= 0.6 is 30.3 Å². The van der Waals surface area contributed by atoms with Crippen molar-refractivity contribution in [3.63, 3.8) is 0 Å². The Morgan fingerprint density at radius 2 is 1.43 bits per heavy atom. The van der Waals surface area contributed by atoms with Crippen molar-refractivity contribution >= 4 is 36.0 Å². The van der Waals surface area contributed by atoms with E-state index < -0.39 is 0 Å². The van der Waals surface area contributed by atoms with Crippen LogP contribution in [0.3, 0.4) is 0 Å². The minimum atomic E-state index is 0.354. The molecule has 0 heterocycles. The van der Waals surface area contributed by atoms with E-state index in [1.54, 1.807) is 18.2 Å². The Labute approximate surface area is 142 Å². The Kier molecular flexibility index (Phi) is 7.17. The Bertz CT molecular complexity index is 567. The fourth-order valence-corrected chi connectivity index (χ4v) is 2.92. The van der Waals surface area contributed by atoms with Crippen molar-refractivity contribution in [1.29, 1.82) is 0 Å². The smallest absolute Gasteiger partial charge is 0.118 e. The Hall–Kier alpha value is -1.08. The van der Waals surface area contributed by atoms with Crippen molar-refractivity contribution in [2.24, 2.45) is 0 Å². The molecule has 3 nitrogen and oxygen atoms in total. The molecule has 2 aromatic carbocycles. The summed E-state index contributed by atoms with van der Waals surface area (Å²) in [6.07, 6.45) is 0. The Balaban J connectivity index is 0.000000219. The number of benzene rings is 2. The number of halogens is 1. The second kappa shape index (κ2) is 8.38. The number of phenols is 2. The maximum atomic E-state index is 9.36. The summed E-state index contributed by atoms with van der Waals surface area (Å²) < 4.78 is 3.14. The van der Waals surface area contributed by atoms with Gasteiger partial charge in [0.2, 0.25) is 0 Å². The average molecular weight is 417 g/mol. The number of aromatic hydroxyl groups is 2. The number of phenolic OH excluding ortho intramolecular Hbond substituents is 2. The quantitative estimate of drug-likeness (QED) is 0.347. The van der Waals surface area contributed by atoms with Crippen LogP contribution in [0, 0.1) is 27.7 Å². The van der Waals surface area contributed by atoms with Gasteiger partial charge in [0, 0.05) is 36.0 Å². The minimum Gasteiger partial charge on any atom is -0.508 e. The Morgan fingerprint density at radius 1 is 0.857 bits per heavy atom. The van der Waals surface area contributed by atoms with E-state index in [-0.39, 0.29) is 0 Å². The lowest BCUT2D eigenvalue weighted by atomic mass is 10.1. The van der Waals surface area contributed by atoms with Crippen molar-refractivity contribution < 1.29 is 10.2 Å². The van der Waals surface area contributed by atoms with Crippen molar-refractivity contribution in [3.8, 4) is 11.5 Å². The van der Waals surface area contributed by atoms with Gasteiger partial charge in [-0.25, -0.2) is 0 Å². The second-order valence-electron chi connectivity index (χ2n) is 4.98. The first-order valence-corrected chi connectivity index (χ1v) is 9.80. The van der Waals surface area contributed by atoms with Gasteiger partial charge in [0.05, 0.1) is 0 Å². The summed E-state index contributed by atoms with van der Waals surface area (Å²) in [6, 6.07) is 9.22. The van der Waals surface area contributed by atoms with Gasteiger partial charge >= 0.3 is 0 Å². The third kappa shape index (κ3) is 6.05. The molecule has 0 spiro atoms. The van der Waals surface area contributed by atoms with E-state index in [0.717, 1.165) is 27.9 Å². The summed E-state index contributed by atoms with van der Waals surface area (Å²) in [7, 11) is 1.52. The SMILES string of the molecule is Cc1cc(C)cc(O)c1.Cc1cc(NSI)c(C)cc1O.